The highest BCUT2D eigenvalue weighted by atomic mass is 35.5. The van der Waals surface area contributed by atoms with E-state index in [1.54, 1.807) is 7.11 Å². The fourth-order valence-corrected chi connectivity index (χ4v) is 2.15. The van der Waals surface area contributed by atoms with Crippen molar-refractivity contribution in [3.8, 4) is 5.75 Å². The zero-order valence-corrected chi connectivity index (χ0v) is 11.2. The Bertz CT molecular complexity index is 323. The number of hydrogen-bond donors (Lipinski definition) is 0. The number of halogens is 1. The highest BCUT2D eigenvalue weighted by molar-refractivity contribution is 6.21. The van der Waals surface area contributed by atoms with Crippen LogP contribution in [0.2, 0.25) is 0 Å². The molecule has 0 N–H and O–H groups in total. The number of hydrogen-bond acceptors (Lipinski definition) is 1. The van der Waals surface area contributed by atoms with Gasteiger partial charge in [0, 0.05) is 5.56 Å². The topological polar surface area (TPSA) is 9.23 Å². The molecule has 0 saturated carbocycles. The number of rotatable bonds is 6. The summed E-state index contributed by atoms with van der Waals surface area (Å²) < 4.78 is 5.34. The maximum Gasteiger partial charge on any atom is 0.123 e. The minimum atomic E-state index is 0.0707. The third-order valence-corrected chi connectivity index (χ3v) is 3.24. The third-order valence-electron chi connectivity index (χ3n) is 2.78. The second-order valence-electron chi connectivity index (χ2n) is 4.21. The molecule has 0 aliphatic carbocycles. The Morgan fingerprint density at radius 3 is 2.69 bits per heavy atom. The normalized spacial score (nSPS) is 12.5. The number of aryl methyl sites for hydroxylation is 1. The van der Waals surface area contributed by atoms with Crippen LogP contribution in [0.1, 0.15) is 49.1 Å². The maximum absolute atomic E-state index is 6.42. The molecule has 0 fully saturated rings. The molecule has 0 amide bonds. The summed E-state index contributed by atoms with van der Waals surface area (Å²) >= 11 is 6.42. The van der Waals surface area contributed by atoms with E-state index in [2.05, 4.69) is 26.0 Å². The van der Waals surface area contributed by atoms with Gasteiger partial charge in [0.25, 0.3) is 0 Å². The minimum absolute atomic E-state index is 0.0707. The van der Waals surface area contributed by atoms with Crippen LogP contribution in [0, 0.1) is 6.92 Å². The number of unbranched alkanes of at least 4 members (excludes halogenated alkanes) is 2. The average Bonchev–Trinajstić information content (AvgIpc) is 2.29. The van der Waals surface area contributed by atoms with Crippen LogP contribution in [0.5, 0.6) is 5.75 Å². The molecular formula is C14H21ClO. The summed E-state index contributed by atoms with van der Waals surface area (Å²) in [5, 5.41) is 0.0707. The number of methoxy groups -OCH3 is 1. The van der Waals surface area contributed by atoms with Crippen molar-refractivity contribution in [2.24, 2.45) is 0 Å². The van der Waals surface area contributed by atoms with Gasteiger partial charge in [-0.15, -0.1) is 11.6 Å². The molecule has 16 heavy (non-hydrogen) atoms. The van der Waals surface area contributed by atoms with Gasteiger partial charge in [0.05, 0.1) is 12.5 Å². The van der Waals surface area contributed by atoms with Crippen LogP contribution in [0.15, 0.2) is 18.2 Å². The van der Waals surface area contributed by atoms with Gasteiger partial charge in [-0.25, -0.2) is 0 Å². The molecule has 0 heterocycles. The van der Waals surface area contributed by atoms with Crippen molar-refractivity contribution in [1.29, 1.82) is 0 Å². The smallest absolute Gasteiger partial charge is 0.123 e. The van der Waals surface area contributed by atoms with Gasteiger partial charge < -0.3 is 4.74 Å². The second kappa shape index (κ2) is 6.80. The van der Waals surface area contributed by atoms with Crippen LogP contribution in [0.25, 0.3) is 0 Å². The predicted octanol–water partition coefficient (Wildman–Crippen LogP) is 4.86. The molecule has 1 atom stereocenters. The number of alkyl halides is 1. The molecule has 0 aliphatic heterocycles. The van der Waals surface area contributed by atoms with Crippen molar-refractivity contribution in [3.63, 3.8) is 0 Å². The standard InChI is InChI=1S/C14H21ClO/c1-4-5-6-7-13(15)12-10-11(2)8-9-14(12)16-3/h8-10,13H,4-7H2,1-3H3. The van der Waals surface area contributed by atoms with Crippen molar-refractivity contribution in [2.75, 3.05) is 7.11 Å². The first-order valence-electron chi connectivity index (χ1n) is 5.97. The fourth-order valence-electron chi connectivity index (χ4n) is 1.83. The van der Waals surface area contributed by atoms with Crippen molar-refractivity contribution >= 4 is 11.6 Å². The van der Waals surface area contributed by atoms with Gasteiger partial charge in [0.1, 0.15) is 5.75 Å². The fraction of sp³-hybridized carbons (Fsp3) is 0.571. The Kier molecular flexibility index (Phi) is 5.68. The molecule has 0 aliphatic rings. The molecule has 0 radical (unpaired) electrons. The monoisotopic (exact) mass is 240 g/mol. The summed E-state index contributed by atoms with van der Waals surface area (Å²) in [5.41, 5.74) is 2.36. The molecule has 1 aromatic carbocycles. The van der Waals surface area contributed by atoms with E-state index in [4.69, 9.17) is 16.3 Å². The van der Waals surface area contributed by atoms with Gasteiger partial charge in [-0.1, -0.05) is 43.9 Å². The Labute approximate surface area is 104 Å². The van der Waals surface area contributed by atoms with Crippen molar-refractivity contribution in [3.05, 3.63) is 29.3 Å². The van der Waals surface area contributed by atoms with Gasteiger partial charge in [0.2, 0.25) is 0 Å². The van der Waals surface area contributed by atoms with E-state index < -0.39 is 0 Å². The van der Waals surface area contributed by atoms with E-state index in [-0.39, 0.29) is 5.38 Å². The molecule has 0 aromatic heterocycles. The SMILES string of the molecule is CCCCCC(Cl)c1cc(C)ccc1OC. The predicted molar refractivity (Wildman–Crippen MR) is 70.5 cm³/mol. The van der Waals surface area contributed by atoms with Gasteiger partial charge in [0.15, 0.2) is 0 Å². The number of benzene rings is 1. The average molecular weight is 241 g/mol. The van der Waals surface area contributed by atoms with Gasteiger partial charge in [-0.05, 0) is 19.4 Å². The first-order valence-corrected chi connectivity index (χ1v) is 6.41. The Hall–Kier alpha value is -0.690. The van der Waals surface area contributed by atoms with E-state index in [1.165, 1.54) is 24.8 Å². The highest BCUT2D eigenvalue weighted by Crippen LogP contribution is 2.34. The van der Waals surface area contributed by atoms with Crippen LogP contribution in [-0.2, 0) is 0 Å². The van der Waals surface area contributed by atoms with E-state index in [9.17, 15) is 0 Å². The van der Waals surface area contributed by atoms with Crippen molar-refractivity contribution in [2.45, 2.75) is 44.9 Å². The lowest BCUT2D eigenvalue weighted by Crippen LogP contribution is -1.96. The summed E-state index contributed by atoms with van der Waals surface area (Å²) in [5.74, 6) is 0.905. The molecule has 0 bridgehead atoms. The summed E-state index contributed by atoms with van der Waals surface area (Å²) in [6.07, 6.45) is 4.68. The van der Waals surface area contributed by atoms with Crippen LogP contribution in [0.3, 0.4) is 0 Å². The Morgan fingerprint density at radius 1 is 1.31 bits per heavy atom. The number of ether oxygens (including phenoxy) is 1. The van der Waals surface area contributed by atoms with Crippen LogP contribution in [0.4, 0.5) is 0 Å². The van der Waals surface area contributed by atoms with Gasteiger partial charge in [-0.3, -0.25) is 0 Å². The zero-order valence-electron chi connectivity index (χ0n) is 10.4. The van der Waals surface area contributed by atoms with Gasteiger partial charge in [-0.2, -0.15) is 0 Å². The molecule has 1 rings (SSSR count). The van der Waals surface area contributed by atoms with Crippen LogP contribution in [-0.4, -0.2) is 7.11 Å². The molecule has 90 valence electrons. The van der Waals surface area contributed by atoms with Crippen molar-refractivity contribution in [1.82, 2.24) is 0 Å². The second-order valence-corrected chi connectivity index (χ2v) is 4.74. The Balaban J connectivity index is 2.72. The van der Waals surface area contributed by atoms with Crippen LogP contribution < -0.4 is 4.74 Å². The first-order chi connectivity index (χ1) is 7.69. The largest absolute Gasteiger partial charge is 0.496 e. The third kappa shape index (κ3) is 3.71. The zero-order chi connectivity index (χ0) is 12.0. The van der Waals surface area contributed by atoms with Crippen LogP contribution >= 0.6 is 11.6 Å². The van der Waals surface area contributed by atoms with E-state index >= 15 is 0 Å². The minimum Gasteiger partial charge on any atom is -0.496 e. The first kappa shape index (κ1) is 13.4. The van der Waals surface area contributed by atoms with E-state index in [0.29, 0.717) is 0 Å². The van der Waals surface area contributed by atoms with E-state index in [1.807, 2.05) is 6.07 Å². The molecule has 1 aromatic rings. The molecule has 0 saturated heterocycles. The lowest BCUT2D eigenvalue weighted by Gasteiger charge is -2.14. The lowest BCUT2D eigenvalue weighted by molar-refractivity contribution is 0.408. The quantitative estimate of drug-likeness (QED) is 0.510. The highest BCUT2D eigenvalue weighted by Gasteiger charge is 2.13. The maximum atomic E-state index is 6.42. The Morgan fingerprint density at radius 2 is 2.06 bits per heavy atom. The summed E-state index contributed by atoms with van der Waals surface area (Å²) in [6, 6.07) is 6.18. The molecular weight excluding hydrogens is 220 g/mol. The molecule has 0 spiro atoms. The molecule has 1 nitrogen and oxygen atoms in total. The summed E-state index contributed by atoms with van der Waals surface area (Å²) in [7, 11) is 1.70. The van der Waals surface area contributed by atoms with E-state index in [0.717, 1.165) is 17.7 Å². The summed E-state index contributed by atoms with van der Waals surface area (Å²) in [4.78, 5) is 0. The van der Waals surface area contributed by atoms with Gasteiger partial charge >= 0.3 is 0 Å². The molecule has 2 heteroatoms. The summed E-state index contributed by atoms with van der Waals surface area (Å²) in [6.45, 7) is 4.29. The van der Waals surface area contributed by atoms with Crippen molar-refractivity contribution < 1.29 is 4.74 Å². The lowest BCUT2D eigenvalue weighted by atomic mass is 10.0. The molecule has 1 unspecified atom stereocenters.